The summed E-state index contributed by atoms with van der Waals surface area (Å²) in [6.45, 7) is 5.45. The Bertz CT molecular complexity index is 918. The first-order chi connectivity index (χ1) is 14.8. The number of para-hydroxylation sites is 1. The maximum atomic E-state index is 12.9. The second-order valence-electron chi connectivity index (χ2n) is 7.31. The normalized spacial score (nSPS) is 12.1. The first-order valence-electron chi connectivity index (χ1n) is 10.5. The topological polar surface area (TPSA) is 79.0 Å². The molecule has 0 aliphatic heterocycles. The second-order valence-corrected chi connectivity index (χ2v) is 9.17. The molecule has 0 unspecified atom stereocenters. The molecule has 8 heteroatoms. The molecule has 7 nitrogen and oxygen atoms in total. The summed E-state index contributed by atoms with van der Waals surface area (Å²) in [5.41, 5.74) is 1.55. The third kappa shape index (κ3) is 7.17. The standard InChI is InChI=1S/C23H33N3O4S/c1-5-22(23(27)24-17-10-18-25(3)19-11-8-7-9-12-19)26(31(4,28)29)20-13-15-21(16-14-20)30-6-2/h7-9,11-16,22H,5-6,10,17-18H2,1-4H3,(H,24,27)/t22-/m0/s1. The molecule has 1 atom stereocenters. The highest BCUT2D eigenvalue weighted by Gasteiger charge is 2.31. The zero-order chi connectivity index (χ0) is 22.9. The molecule has 31 heavy (non-hydrogen) atoms. The van der Waals surface area contributed by atoms with Gasteiger partial charge >= 0.3 is 0 Å². The zero-order valence-electron chi connectivity index (χ0n) is 18.7. The number of benzene rings is 2. The van der Waals surface area contributed by atoms with E-state index in [9.17, 15) is 13.2 Å². The van der Waals surface area contributed by atoms with Crippen LogP contribution in [0.4, 0.5) is 11.4 Å². The van der Waals surface area contributed by atoms with Crippen molar-refractivity contribution in [2.24, 2.45) is 0 Å². The first-order valence-corrected chi connectivity index (χ1v) is 12.4. The summed E-state index contributed by atoms with van der Waals surface area (Å²) in [4.78, 5) is 15.0. The van der Waals surface area contributed by atoms with Crippen molar-refractivity contribution in [2.75, 3.05) is 42.2 Å². The van der Waals surface area contributed by atoms with Crippen LogP contribution in [0.5, 0.6) is 5.75 Å². The number of nitrogens with one attached hydrogen (secondary N) is 1. The van der Waals surface area contributed by atoms with E-state index in [0.717, 1.165) is 24.9 Å². The van der Waals surface area contributed by atoms with Crippen LogP contribution in [0.25, 0.3) is 0 Å². The van der Waals surface area contributed by atoms with E-state index in [-0.39, 0.29) is 5.91 Å². The van der Waals surface area contributed by atoms with E-state index >= 15 is 0 Å². The van der Waals surface area contributed by atoms with Crippen LogP contribution < -0.4 is 19.3 Å². The van der Waals surface area contributed by atoms with E-state index in [1.165, 1.54) is 4.31 Å². The van der Waals surface area contributed by atoms with Crippen LogP contribution in [0.3, 0.4) is 0 Å². The van der Waals surface area contributed by atoms with E-state index in [4.69, 9.17) is 4.74 Å². The highest BCUT2D eigenvalue weighted by molar-refractivity contribution is 7.92. The van der Waals surface area contributed by atoms with E-state index in [0.29, 0.717) is 31.0 Å². The molecule has 1 amide bonds. The Kier molecular flexibility index (Phi) is 9.18. The van der Waals surface area contributed by atoms with Gasteiger partial charge in [-0.3, -0.25) is 9.10 Å². The molecule has 0 fully saturated rings. The molecule has 0 radical (unpaired) electrons. The Hall–Kier alpha value is -2.74. The molecule has 2 aromatic carbocycles. The highest BCUT2D eigenvalue weighted by Crippen LogP contribution is 2.25. The lowest BCUT2D eigenvalue weighted by Crippen LogP contribution is -2.49. The first kappa shape index (κ1) is 24.5. The molecule has 170 valence electrons. The predicted octanol–water partition coefficient (Wildman–Crippen LogP) is 3.27. The number of carbonyl (C=O) groups is 1. The summed E-state index contributed by atoms with van der Waals surface area (Å²) in [5, 5.41) is 2.90. The summed E-state index contributed by atoms with van der Waals surface area (Å²) < 4.78 is 31.7. The van der Waals surface area contributed by atoms with Gasteiger partial charge in [0.2, 0.25) is 15.9 Å². The van der Waals surface area contributed by atoms with Gasteiger partial charge in [-0.15, -0.1) is 0 Å². The average Bonchev–Trinajstić information content (AvgIpc) is 2.75. The second kappa shape index (κ2) is 11.6. The molecule has 0 aromatic heterocycles. The molecule has 0 saturated carbocycles. The van der Waals surface area contributed by atoms with Crippen LogP contribution in [0.2, 0.25) is 0 Å². The zero-order valence-corrected chi connectivity index (χ0v) is 19.6. The van der Waals surface area contributed by atoms with Gasteiger partial charge in [0, 0.05) is 25.8 Å². The van der Waals surface area contributed by atoms with Gasteiger partial charge in [-0.2, -0.15) is 0 Å². The van der Waals surface area contributed by atoms with Crippen LogP contribution >= 0.6 is 0 Å². The van der Waals surface area contributed by atoms with Gasteiger partial charge in [0.1, 0.15) is 11.8 Å². The molecular formula is C23H33N3O4S. The van der Waals surface area contributed by atoms with E-state index in [1.807, 2.05) is 44.3 Å². The number of ether oxygens (including phenoxy) is 1. The van der Waals surface area contributed by atoms with Gasteiger partial charge in [-0.05, 0) is 56.2 Å². The summed E-state index contributed by atoms with van der Waals surface area (Å²) in [6.07, 6.45) is 2.22. The fourth-order valence-corrected chi connectivity index (χ4v) is 4.59. The van der Waals surface area contributed by atoms with Crippen LogP contribution in [0, 0.1) is 0 Å². The van der Waals surface area contributed by atoms with Crippen molar-refractivity contribution in [2.45, 2.75) is 32.7 Å². The molecule has 0 heterocycles. The largest absolute Gasteiger partial charge is 0.494 e. The molecule has 2 rings (SSSR count). The van der Waals surface area contributed by atoms with E-state index in [2.05, 4.69) is 10.2 Å². The number of amides is 1. The molecular weight excluding hydrogens is 414 g/mol. The van der Waals surface area contributed by atoms with Crippen molar-refractivity contribution in [1.29, 1.82) is 0 Å². The molecule has 0 aliphatic carbocycles. The monoisotopic (exact) mass is 447 g/mol. The molecule has 0 bridgehead atoms. The van der Waals surface area contributed by atoms with Gasteiger partial charge < -0.3 is 15.0 Å². The molecule has 1 N–H and O–H groups in total. The number of carbonyl (C=O) groups excluding carboxylic acids is 1. The Morgan fingerprint density at radius 3 is 2.23 bits per heavy atom. The molecule has 0 spiro atoms. The maximum absolute atomic E-state index is 12.9. The van der Waals surface area contributed by atoms with Crippen LogP contribution in [-0.2, 0) is 14.8 Å². The molecule has 0 saturated heterocycles. The predicted molar refractivity (Wildman–Crippen MR) is 126 cm³/mol. The SMILES string of the molecule is CCOc1ccc(N([C@@H](CC)C(=O)NCCCN(C)c2ccccc2)S(C)(=O)=O)cc1. The van der Waals surface area contributed by atoms with Crippen molar-refractivity contribution >= 4 is 27.3 Å². The van der Waals surface area contributed by atoms with Crippen molar-refractivity contribution in [3.8, 4) is 5.75 Å². The third-order valence-electron chi connectivity index (χ3n) is 4.90. The van der Waals surface area contributed by atoms with Crippen molar-refractivity contribution in [3.63, 3.8) is 0 Å². The minimum absolute atomic E-state index is 0.302. The highest BCUT2D eigenvalue weighted by atomic mass is 32.2. The number of sulfonamides is 1. The Labute approximate surface area is 186 Å². The van der Waals surface area contributed by atoms with Gasteiger partial charge in [0.05, 0.1) is 18.6 Å². The van der Waals surface area contributed by atoms with Crippen LogP contribution in [-0.4, -0.2) is 53.4 Å². The minimum Gasteiger partial charge on any atom is -0.494 e. The summed E-state index contributed by atoms with van der Waals surface area (Å²) in [5.74, 6) is 0.351. The van der Waals surface area contributed by atoms with Gasteiger partial charge in [0.25, 0.3) is 0 Å². The summed E-state index contributed by atoms with van der Waals surface area (Å²) in [6, 6.07) is 15.9. The van der Waals surface area contributed by atoms with Gasteiger partial charge in [-0.1, -0.05) is 25.1 Å². The van der Waals surface area contributed by atoms with Gasteiger partial charge in [0.15, 0.2) is 0 Å². The number of rotatable bonds is 12. The summed E-state index contributed by atoms with van der Waals surface area (Å²) in [7, 11) is -1.65. The van der Waals surface area contributed by atoms with Crippen molar-refractivity contribution in [1.82, 2.24) is 5.32 Å². The number of nitrogens with zero attached hydrogens (tertiary/aromatic N) is 2. The maximum Gasteiger partial charge on any atom is 0.243 e. The number of anilines is 2. The quantitative estimate of drug-likeness (QED) is 0.505. The van der Waals surface area contributed by atoms with Crippen molar-refractivity contribution < 1.29 is 17.9 Å². The lowest BCUT2D eigenvalue weighted by Gasteiger charge is -2.30. The van der Waals surface area contributed by atoms with Crippen LogP contribution in [0.15, 0.2) is 54.6 Å². The molecule has 2 aromatic rings. The van der Waals surface area contributed by atoms with Crippen molar-refractivity contribution in [3.05, 3.63) is 54.6 Å². The average molecular weight is 448 g/mol. The van der Waals surface area contributed by atoms with Gasteiger partial charge in [-0.25, -0.2) is 8.42 Å². The summed E-state index contributed by atoms with van der Waals surface area (Å²) >= 11 is 0. The fraction of sp³-hybridized carbons (Fsp3) is 0.435. The minimum atomic E-state index is -3.66. The molecule has 0 aliphatic rings. The fourth-order valence-electron chi connectivity index (χ4n) is 3.37. The number of hydrogen-bond acceptors (Lipinski definition) is 5. The lowest BCUT2D eigenvalue weighted by atomic mass is 10.2. The van der Waals surface area contributed by atoms with Crippen LogP contribution in [0.1, 0.15) is 26.7 Å². The number of hydrogen-bond donors (Lipinski definition) is 1. The smallest absolute Gasteiger partial charge is 0.243 e. The third-order valence-corrected chi connectivity index (χ3v) is 6.08. The van der Waals surface area contributed by atoms with E-state index in [1.54, 1.807) is 31.2 Å². The Morgan fingerprint density at radius 2 is 1.68 bits per heavy atom. The Balaban J connectivity index is 2.01. The Morgan fingerprint density at radius 1 is 1.03 bits per heavy atom. The lowest BCUT2D eigenvalue weighted by molar-refractivity contribution is -0.122. The van der Waals surface area contributed by atoms with E-state index < -0.39 is 16.1 Å².